The highest BCUT2D eigenvalue weighted by Gasteiger charge is 2.24. The zero-order chi connectivity index (χ0) is 15.1. The summed E-state index contributed by atoms with van der Waals surface area (Å²) in [6.45, 7) is 5.04. The van der Waals surface area contributed by atoms with Crippen LogP contribution in [0.1, 0.15) is 25.7 Å². The van der Waals surface area contributed by atoms with Gasteiger partial charge in [0, 0.05) is 25.2 Å². The quantitative estimate of drug-likeness (QED) is 0.748. The van der Waals surface area contributed by atoms with Crippen molar-refractivity contribution in [1.29, 1.82) is 0 Å². The number of hydrogen-bond donors (Lipinski definition) is 0. The Morgan fingerprint density at radius 3 is 3.24 bits per heavy atom. The minimum Gasteiger partial charge on any atom is -0.472 e. The minimum absolute atomic E-state index is 0.0361. The van der Waals surface area contributed by atoms with E-state index in [1.165, 1.54) is 7.11 Å². The maximum atomic E-state index is 12.0. The van der Waals surface area contributed by atoms with Crippen LogP contribution in [0, 0.1) is 0 Å². The van der Waals surface area contributed by atoms with E-state index in [1.807, 2.05) is 4.90 Å². The molecule has 1 aliphatic rings. The number of piperidine rings is 1. The van der Waals surface area contributed by atoms with Gasteiger partial charge in [0.15, 0.2) is 0 Å². The van der Waals surface area contributed by atoms with Gasteiger partial charge >= 0.3 is 6.01 Å². The van der Waals surface area contributed by atoms with Gasteiger partial charge in [-0.05, 0) is 19.3 Å². The van der Waals surface area contributed by atoms with Crippen LogP contribution in [0.25, 0.3) is 0 Å². The Kier molecular flexibility index (Phi) is 5.54. The van der Waals surface area contributed by atoms with Crippen molar-refractivity contribution in [2.75, 3.05) is 20.2 Å². The van der Waals surface area contributed by atoms with E-state index in [0.29, 0.717) is 25.3 Å². The van der Waals surface area contributed by atoms with E-state index in [2.05, 4.69) is 16.5 Å². The second-order valence-corrected chi connectivity index (χ2v) is 4.93. The highest BCUT2D eigenvalue weighted by Crippen LogP contribution is 2.18. The van der Waals surface area contributed by atoms with Crippen molar-refractivity contribution in [1.82, 2.24) is 14.9 Å². The van der Waals surface area contributed by atoms with Crippen molar-refractivity contribution >= 4 is 5.91 Å². The lowest BCUT2D eigenvalue weighted by Gasteiger charge is -2.32. The Morgan fingerprint density at radius 2 is 2.48 bits per heavy atom. The molecular formula is C15H21N3O3. The molecule has 0 bridgehead atoms. The van der Waals surface area contributed by atoms with E-state index in [9.17, 15) is 4.79 Å². The Labute approximate surface area is 124 Å². The Bertz CT molecular complexity index is 493. The summed E-state index contributed by atoms with van der Waals surface area (Å²) < 4.78 is 10.8. The molecule has 2 heterocycles. The molecular weight excluding hydrogens is 270 g/mol. The lowest BCUT2D eigenvalue weighted by molar-refractivity contribution is -0.133. The molecule has 6 heteroatoms. The zero-order valence-corrected chi connectivity index (χ0v) is 12.3. The van der Waals surface area contributed by atoms with Crippen LogP contribution < -0.4 is 9.47 Å². The number of carbonyl (C=O) groups excluding carboxylic acids is 1. The first kappa shape index (κ1) is 15.3. The molecule has 1 atom stereocenters. The predicted molar refractivity (Wildman–Crippen MR) is 78.2 cm³/mol. The fourth-order valence-corrected chi connectivity index (χ4v) is 2.30. The Balaban J connectivity index is 1.91. The lowest BCUT2D eigenvalue weighted by atomic mass is 10.1. The van der Waals surface area contributed by atoms with Crippen LogP contribution in [-0.2, 0) is 4.79 Å². The van der Waals surface area contributed by atoms with Crippen LogP contribution in [0.15, 0.2) is 24.9 Å². The minimum atomic E-state index is -0.0361. The number of methoxy groups -OCH3 is 1. The van der Waals surface area contributed by atoms with Crippen molar-refractivity contribution in [3.8, 4) is 11.9 Å². The normalized spacial score (nSPS) is 18.1. The smallest absolute Gasteiger partial charge is 0.319 e. The number of rotatable bonds is 6. The van der Waals surface area contributed by atoms with E-state index < -0.39 is 0 Å². The lowest BCUT2D eigenvalue weighted by Crippen LogP contribution is -2.44. The van der Waals surface area contributed by atoms with Gasteiger partial charge < -0.3 is 14.4 Å². The number of aromatic nitrogens is 2. The fraction of sp³-hybridized carbons (Fsp3) is 0.533. The number of ether oxygens (including phenoxy) is 2. The molecule has 21 heavy (non-hydrogen) atoms. The molecule has 2 rings (SSSR count). The largest absolute Gasteiger partial charge is 0.472 e. The first-order valence-corrected chi connectivity index (χ1v) is 7.15. The summed E-state index contributed by atoms with van der Waals surface area (Å²) in [5.41, 5.74) is 0. The summed E-state index contributed by atoms with van der Waals surface area (Å²) in [6.07, 6.45) is 6.40. The summed E-state index contributed by atoms with van der Waals surface area (Å²) in [7, 11) is 1.51. The molecule has 0 aromatic carbocycles. The van der Waals surface area contributed by atoms with Crippen LogP contribution in [0.5, 0.6) is 11.9 Å². The summed E-state index contributed by atoms with van der Waals surface area (Å²) >= 11 is 0. The third-order valence-electron chi connectivity index (χ3n) is 3.37. The topological polar surface area (TPSA) is 64.6 Å². The van der Waals surface area contributed by atoms with Crippen LogP contribution in [-0.4, -0.2) is 47.1 Å². The number of nitrogens with zero attached hydrogens (tertiary/aromatic N) is 3. The number of hydrogen-bond acceptors (Lipinski definition) is 5. The van der Waals surface area contributed by atoms with E-state index in [1.54, 1.807) is 18.3 Å². The molecule has 1 aromatic heterocycles. The van der Waals surface area contributed by atoms with Crippen LogP contribution in [0.2, 0.25) is 0 Å². The first-order valence-electron chi connectivity index (χ1n) is 7.15. The van der Waals surface area contributed by atoms with Gasteiger partial charge in [0.25, 0.3) is 0 Å². The number of amides is 1. The molecule has 1 unspecified atom stereocenters. The molecule has 1 amide bonds. The van der Waals surface area contributed by atoms with Crippen molar-refractivity contribution in [3.05, 3.63) is 24.9 Å². The zero-order valence-electron chi connectivity index (χ0n) is 12.3. The molecule has 1 aromatic rings. The van der Waals surface area contributed by atoms with Crippen LogP contribution >= 0.6 is 0 Å². The second-order valence-electron chi connectivity index (χ2n) is 4.93. The van der Waals surface area contributed by atoms with Crippen molar-refractivity contribution in [2.24, 2.45) is 0 Å². The van der Waals surface area contributed by atoms with Gasteiger partial charge in [0.2, 0.25) is 11.8 Å². The molecule has 0 N–H and O–H groups in total. The highest BCUT2D eigenvalue weighted by molar-refractivity contribution is 5.76. The monoisotopic (exact) mass is 291 g/mol. The van der Waals surface area contributed by atoms with Crippen molar-refractivity contribution in [3.63, 3.8) is 0 Å². The standard InChI is InChI=1S/C15H21N3O3/c1-3-4-7-14(19)18-10-5-6-12(11-18)21-13-8-9-16-15(17-13)20-2/h3,8-9,12H,1,4-7,10-11H2,2H3. The maximum absolute atomic E-state index is 12.0. The third kappa shape index (κ3) is 4.44. The van der Waals surface area contributed by atoms with Crippen molar-refractivity contribution in [2.45, 2.75) is 31.8 Å². The van der Waals surface area contributed by atoms with Crippen LogP contribution in [0.4, 0.5) is 0 Å². The van der Waals surface area contributed by atoms with Gasteiger partial charge in [-0.25, -0.2) is 4.98 Å². The van der Waals surface area contributed by atoms with Gasteiger partial charge in [-0.1, -0.05) is 6.08 Å². The van der Waals surface area contributed by atoms with Gasteiger partial charge in [0.05, 0.1) is 13.7 Å². The summed E-state index contributed by atoms with van der Waals surface area (Å²) in [6, 6.07) is 1.98. The first-order chi connectivity index (χ1) is 10.2. The van der Waals surface area contributed by atoms with Gasteiger partial charge in [-0.15, -0.1) is 6.58 Å². The predicted octanol–water partition coefficient (Wildman–Crippen LogP) is 1.82. The van der Waals surface area contributed by atoms with Gasteiger partial charge in [-0.3, -0.25) is 4.79 Å². The molecule has 6 nitrogen and oxygen atoms in total. The SMILES string of the molecule is C=CCCC(=O)N1CCCC(Oc2ccnc(OC)n2)C1. The highest BCUT2D eigenvalue weighted by atomic mass is 16.5. The fourth-order valence-electron chi connectivity index (χ4n) is 2.30. The maximum Gasteiger partial charge on any atom is 0.319 e. The van der Waals surface area contributed by atoms with Gasteiger partial charge in [-0.2, -0.15) is 4.98 Å². The molecule has 0 saturated carbocycles. The number of carbonyl (C=O) groups is 1. The van der Waals surface area contributed by atoms with E-state index in [-0.39, 0.29) is 18.0 Å². The van der Waals surface area contributed by atoms with E-state index >= 15 is 0 Å². The third-order valence-corrected chi connectivity index (χ3v) is 3.37. The Hall–Kier alpha value is -2.11. The summed E-state index contributed by atoms with van der Waals surface area (Å²) in [5, 5.41) is 0. The van der Waals surface area contributed by atoms with E-state index in [0.717, 1.165) is 19.4 Å². The average Bonchev–Trinajstić information content (AvgIpc) is 2.53. The summed E-state index contributed by atoms with van der Waals surface area (Å²) in [5.74, 6) is 0.635. The number of allylic oxidation sites excluding steroid dienone is 1. The molecule has 1 saturated heterocycles. The van der Waals surface area contributed by atoms with E-state index in [4.69, 9.17) is 9.47 Å². The molecule has 1 aliphatic heterocycles. The molecule has 114 valence electrons. The van der Waals surface area contributed by atoms with Crippen LogP contribution in [0.3, 0.4) is 0 Å². The molecule has 1 fully saturated rings. The number of likely N-dealkylation sites (tertiary alicyclic amines) is 1. The summed E-state index contributed by atoms with van der Waals surface area (Å²) in [4.78, 5) is 22.0. The van der Waals surface area contributed by atoms with Gasteiger partial charge in [0.1, 0.15) is 6.10 Å². The molecule has 0 radical (unpaired) electrons. The second kappa shape index (κ2) is 7.61. The molecule has 0 spiro atoms. The molecule has 0 aliphatic carbocycles. The van der Waals surface area contributed by atoms with Crippen molar-refractivity contribution < 1.29 is 14.3 Å². The Morgan fingerprint density at radius 1 is 1.62 bits per heavy atom. The average molecular weight is 291 g/mol.